The molecule has 1 aliphatic rings. The molecule has 1 saturated heterocycles. The van der Waals surface area contributed by atoms with Crippen LogP contribution in [0.4, 0.5) is 4.79 Å². The molecule has 8 nitrogen and oxygen atoms in total. The molecule has 35 heavy (non-hydrogen) atoms. The van der Waals surface area contributed by atoms with Gasteiger partial charge in [-0.3, -0.25) is 4.90 Å². The van der Waals surface area contributed by atoms with Crippen LogP contribution in [0.25, 0.3) is 32.9 Å². The van der Waals surface area contributed by atoms with Gasteiger partial charge in [0.15, 0.2) is 5.88 Å². The average molecular weight is 478 g/mol. The van der Waals surface area contributed by atoms with E-state index in [9.17, 15) is 9.90 Å². The van der Waals surface area contributed by atoms with Crippen LogP contribution in [0.3, 0.4) is 0 Å². The quantitative estimate of drug-likeness (QED) is 0.421. The fraction of sp³-hybridized carbons (Fsp3) is 0.370. The largest absolute Gasteiger partial charge is 0.494 e. The number of ether oxygens (including phenoxy) is 3. The highest BCUT2D eigenvalue weighted by Gasteiger charge is 2.24. The van der Waals surface area contributed by atoms with Gasteiger partial charge in [-0.25, -0.2) is 9.36 Å². The number of aromatic amines is 1. The Morgan fingerprint density at radius 3 is 2.69 bits per heavy atom. The minimum atomic E-state index is -0.657. The lowest BCUT2D eigenvalue weighted by molar-refractivity contribution is 0.0322. The number of fused-ring (bicyclic) bond motifs is 2. The zero-order valence-corrected chi connectivity index (χ0v) is 20.3. The number of nitrogens with one attached hydrogen (secondary N) is 1. The van der Waals surface area contributed by atoms with Crippen LogP contribution < -0.4 is 4.74 Å². The Balaban J connectivity index is 1.52. The molecule has 1 fully saturated rings. The number of nitrogens with zero attached hydrogens (tertiary/aromatic N) is 2. The molecule has 0 atom stereocenters. The minimum Gasteiger partial charge on any atom is -0.494 e. The monoisotopic (exact) mass is 477 g/mol. The first-order valence-electron chi connectivity index (χ1n) is 11.9. The molecule has 1 aliphatic heterocycles. The number of H-pyrrole nitrogens is 1. The molecule has 0 unspecified atom stereocenters. The maximum atomic E-state index is 13.3. The first kappa shape index (κ1) is 23.3. The number of hydrogen-bond donors (Lipinski definition) is 2. The number of aromatic hydroxyl groups is 1. The van der Waals surface area contributed by atoms with Crippen LogP contribution in [0.5, 0.6) is 11.6 Å². The number of benzene rings is 2. The van der Waals surface area contributed by atoms with Crippen molar-refractivity contribution in [2.45, 2.75) is 26.4 Å². The molecular formula is C27H31N3O5. The summed E-state index contributed by atoms with van der Waals surface area (Å²) in [4.78, 5) is 18.5. The molecule has 0 bridgehead atoms. The minimum absolute atomic E-state index is 0.0590. The summed E-state index contributed by atoms with van der Waals surface area (Å²) in [6, 6.07) is 13.3. The Kier molecular flexibility index (Phi) is 6.17. The third kappa shape index (κ3) is 4.85. The molecule has 8 heteroatoms. The molecule has 0 saturated carbocycles. The van der Waals surface area contributed by atoms with Crippen LogP contribution in [-0.2, 0) is 9.47 Å². The molecular weight excluding hydrogens is 446 g/mol. The molecule has 0 radical (unpaired) electrons. The Bertz CT molecular complexity index is 1360. The molecule has 5 rings (SSSR count). The van der Waals surface area contributed by atoms with Crippen molar-refractivity contribution in [2.75, 3.05) is 39.5 Å². The second-order valence-corrected chi connectivity index (χ2v) is 9.78. The number of rotatable bonds is 5. The lowest BCUT2D eigenvalue weighted by Gasteiger charge is -2.26. The van der Waals surface area contributed by atoms with E-state index < -0.39 is 11.7 Å². The highest BCUT2D eigenvalue weighted by atomic mass is 16.6. The lowest BCUT2D eigenvalue weighted by atomic mass is 10.1. The fourth-order valence-electron chi connectivity index (χ4n) is 4.49. The maximum absolute atomic E-state index is 13.3. The van der Waals surface area contributed by atoms with E-state index in [1.807, 2.05) is 63.2 Å². The standard InChI is InChI=1S/C27H31N3O5/c1-27(2,3)35-26(32)30-22-8-7-20(34-14-11-29-9-12-33-13-10-29)15-19(22)16-23(30)21-6-4-5-18-17-28-25(31)24(18)21/h4-8,15-17,28,31H,9-14H2,1-3H3. The summed E-state index contributed by atoms with van der Waals surface area (Å²) >= 11 is 0. The van der Waals surface area contributed by atoms with Crippen molar-refractivity contribution >= 4 is 27.8 Å². The first-order chi connectivity index (χ1) is 16.8. The van der Waals surface area contributed by atoms with Crippen molar-refractivity contribution < 1.29 is 24.1 Å². The number of carbonyl (C=O) groups excluding carboxylic acids is 1. The highest BCUT2D eigenvalue weighted by Crippen LogP contribution is 2.38. The van der Waals surface area contributed by atoms with Gasteiger partial charge in [-0.15, -0.1) is 0 Å². The van der Waals surface area contributed by atoms with Crippen LogP contribution in [0, 0.1) is 0 Å². The van der Waals surface area contributed by atoms with Crippen LogP contribution >= 0.6 is 0 Å². The molecule has 4 aromatic rings. The Hall–Kier alpha value is -3.49. The van der Waals surface area contributed by atoms with Crippen molar-refractivity contribution in [3.8, 4) is 22.9 Å². The number of hydrogen-bond acceptors (Lipinski definition) is 6. The van der Waals surface area contributed by atoms with Crippen LogP contribution in [-0.4, -0.2) is 70.7 Å². The summed E-state index contributed by atoms with van der Waals surface area (Å²) in [7, 11) is 0. The fourth-order valence-corrected chi connectivity index (χ4v) is 4.49. The number of aromatic nitrogens is 2. The first-order valence-corrected chi connectivity index (χ1v) is 11.9. The van der Waals surface area contributed by atoms with Gasteiger partial charge < -0.3 is 24.3 Å². The van der Waals surface area contributed by atoms with Gasteiger partial charge in [0.2, 0.25) is 0 Å². The molecule has 0 amide bonds. The van der Waals surface area contributed by atoms with Gasteiger partial charge in [0.05, 0.1) is 29.8 Å². The second-order valence-electron chi connectivity index (χ2n) is 9.78. The topological polar surface area (TPSA) is 89.0 Å². The normalized spacial score (nSPS) is 15.1. The smallest absolute Gasteiger partial charge is 0.419 e. The molecule has 2 N–H and O–H groups in total. The van der Waals surface area contributed by atoms with Crippen LogP contribution in [0.15, 0.2) is 48.7 Å². The highest BCUT2D eigenvalue weighted by molar-refractivity contribution is 6.05. The van der Waals surface area contributed by atoms with E-state index in [1.165, 1.54) is 0 Å². The van der Waals surface area contributed by atoms with Crippen molar-refractivity contribution in [1.29, 1.82) is 0 Å². The van der Waals surface area contributed by atoms with E-state index in [1.54, 1.807) is 10.8 Å². The SMILES string of the molecule is CC(C)(C)OC(=O)n1c(-c2cccc3c[nH]c(O)c23)cc2cc(OCCN3CCOCC3)ccc21. The van der Waals surface area contributed by atoms with E-state index in [0.29, 0.717) is 23.2 Å². The van der Waals surface area contributed by atoms with Crippen molar-refractivity contribution in [1.82, 2.24) is 14.5 Å². The second kappa shape index (κ2) is 9.28. The molecule has 2 aromatic heterocycles. The molecule has 3 heterocycles. The van der Waals surface area contributed by atoms with E-state index in [-0.39, 0.29) is 5.88 Å². The maximum Gasteiger partial charge on any atom is 0.419 e. The summed E-state index contributed by atoms with van der Waals surface area (Å²) in [5.74, 6) is 0.796. The van der Waals surface area contributed by atoms with E-state index in [2.05, 4.69) is 9.88 Å². The van der Waals surface area contributed by atoms with Crippen molar-refractivity contribution in [3.05, 3.63) is 48.7 Å². The van der Waals surface area contributed by atoms with Crippen molar-refractivity contribution in [2.24, 2.45) is 0 Å². The third-order valence-electron chi connectivity index (χ3n) is 6.10. The van der Waals surface area contributed by atoms with E-state index >= 15 is 0 Å². The summed E-state index contributed by atoms with van der Waals surface area (Å²) in [6.07, 6.45) is 1.27. The van der Waals surface area contributed by atoms with Gasteiger partial charge in [0, 0.05) is 42.2 Å². The van der Waals surface area contributed by atoms with Crippen molar-refractivity contribution in [3.63, 3.8) is 0 Å². The summed E-state index contributed by atoms with van der Waals surface area (Å²) in [6.45, 7) is 10.3. The molecule has 0 aliphatic carbocycles. The molecule has 184 valence electrons. The Labute approximate surface area is 204 Å². The van der Waals surface area contributed by atoms with Crippen LogP contribution in [0.2, 0.25) is 0 Å². The molecule has 2 aromatic carbocycles. The van der Waals surface area contributed by atoms with E-state index in [4.69, 9.17) is 14.2 Å². The average Bonchev–Trinajstić information content (AvgIpc) is 3.39. The zero-order valence-electron chi connectivity index (χ0n) is 20.3. The van der Waals surface area contributed by atoms with Crippen LogP contribution in [0.1, 0.15) is 20.8 Å². The van der Waals surface area contributed by atoms with E-state index in [0.717, 1.165) is 54.9 Å². The van der Waals surface area contributed by atoms with Gasteiger partial charge in [-0.2, -0.15) is 0 Å². The summed E-state index contributed by atoms with van der Waals surface area (Å²) < 4.78 is 18.8. The van der Waals surface area contributed by atoms with Gasteiger partial charge in [-0.05, 0) is 45.0 Å². The third-order valence-corrected chi connectivity index (χ3v) is 6.10. The van der Waals surface area contributed by atoms with Gasteiger partial charge in [-0.1, -0.05) is 18.2 Å². The Morgan fingerprint density at radius 1 is 1.11 bits per heavy atom. The predicted molar refractivity (Wildman–Crippen MR) is 135 cm³/mol. The number of carbonyl (C=O) groups is 1. The van der Waals surface area contributed by atoms with Gasteiger partial charge >= 0.3 is 6.09 Å². The van der Waals surface area contributed by atoms with Gasteiger partial charge in [0.1, 0.15) is 18.0 Å². The number of morpholine rings is 1. The summed E-state index contributed by atoms with van der Waals surface area (Å²) in [5, 5.41) is 12.8. The Morgan fingerprint density at radius 2 is 1.91 bits per heavy atom. The molecule has 0 spiro atoms. The summed E-state index contributed by atoms with van der Waals surface area (Å²) in [5.41, 5.74) is 1.43. The predicted octanol–water partition coefficient (Wildman–Crippen LogP) is 4.99. The van der Waals surface area contributed by atoms with Gasteiger partial charge in [0.25, 0.3) is 0 Å². The lowest BCUT2D eigenvalue weighted by Crippen LogP contribution is -2.38. The zero-order chi connectivity index (χ0) is 24.6.